The fourth-order valence-electron chi connectivity index (χ4n) is 3.55. The summed E-state index contributed by atoms with van der Waals surface area (Å²) >= 11 is 0. The van der Waals surface area contributed by atoms with E-state index < -0.39 is 0 Å². The SMILES string of the molecule is CO[C@@]12CC[C@H](O)C[C@@H]1N(Cc1noc(C)n1)CC2. The summed E-state index contributed by atoms with van der Waals surface area (Å²) in [6, 6.07) is 0.250. The molecule has 19 heavy (non-hydrogen) atoms. The van der Waals surface area contributed by atoms with E-state index in [-0.39, 0.29) is 17.7 Å². The summed E-state index contributed by atoms with van der Waals surface area (Å²) in [5, 5.41) is 13.9. The van der Waals surface area contributed by atoms with E-state index in [1.54, 1.807) is 14.0 Å². The largest absolute Gasteiger partial charge is 0.393 e. The van der Waals surface area contributed by atoms with Gasteiger partial charge in [-0.25, -0.2) is 0 Å². The first-order valence-electron chi connectivity index (χ1n) is 6.89. The van der Waals surface area contributed by atoms with Gasteiger partial charge in [0.25, 0.3) is 0 Å². The minimum atomic E-state index is -0.221. The summed E-state index contributed by atoms with van der Waals surface area (Å²) in [4.78, 5) is 6.57. The van der Waals surface area contributed by atoms with Gasteiger partial charge in [-0.1, -0.05) is 5.16 Å². The van der Waals surface area contributed by atoms with Crippen LogP contribution >= 0.6 is 0 Å². The normalized spacial score (nSPS) is 35.5. The van der Waals surface area contributed by atoms with E-state index in [0.717, 1.165) is 32.2 Å². The Morgan fingerprint density at radius 3 is 3.05 bits per heavy atom. The zero-order valence-electron chi connectivity index (χ0n) is 11.5. The molecule has 0 bridgehead atoms. The van der Waals surface area contributed by atoms with Gasteiger partial charge in [0, 0.05) is 26.6 Å². The summed E-state index contributed by atoms with van der Waals surface area (Å²) in [7, 11) is 1.78. The number of hydrogen-bond donors (Lipinski definition) is 1. The van der Waals surface area contributed by atoms with Crippen LogP contribution < -0.4 is 0 Å². The first-order valence-corrected chi connectivity index (χ1v) is 6.89. The van der Waals surface area contributed by atoms with Crippen LogP contribution in [0, 0.1) is 6.92 Å². The predicted molar refractivity (Wildman–Crippen MR) is 67.4 cm³/mol. The smallest absolute Gasteiger partial charge is 0.223 e. The molecule has 1 aliphatic carbocycles. The summed E-state index contributed by atoms with van der Waals surface area (Å²) in [6.45, 7) is 3.42. The Hall–Kier alpha value is -0.980. The molecule has 1 N–H and O–H groups in total. The minimum Gasteiger partial charge on any atom is -0.393 e. The highest BCUT2D eigenvalue weighted by Gasteiger charge is 2.50. The molecule has 2 heterocycles. The number of aromatic nitrogens is 2. The highest BCUT2D eigenvalue weighted by atomic mass is 16.5. The van der Waals surface area contributed by atoms with Crippen LogP contribution in [0.25, 0.3) is 0 Å². The molecular formula is C13H21N3O3. The van der Waals surface area contributed by atoms with E-state index in [1.807, 2.05) is 0 Å². The molecule has 6 nitrogen and oxygen atoms in total. The van der Waals surface area contributed by atoms with Crippen molar-refractivity contribution in [3.63, 3.8) is 0 Å². The fourth-order valence-corrected chi connectivity index (χ4v) is 3.55. The van der Waals surface area contributed by atoms with Gasteiger partial charge in [-0.15, -0.1) is 0 Å². The molecule has 1 aromatic heterocycles. The third kappa shape index (κ3) is 2.28. The second-order valence-corrected chi connectivity index (χ2v) is 5.66. The average molecular weight is 267 g/mol. The molecular weight excluding hydrogens is 246 g/mol. The first kappa shape index (κ1) is 13.0. The number of likely N-dealkylation sites (tertiary alicyclic amines) is 1. The van der Waals surface area contributed by atoms with Gasteiger partial charge < -0.3 is 14.4 Å². The third-order valence-electron chi connectivity index (χ3n) is 4.59. The molecule has 0 radical (unpaired) electrons. The summed E-state index contributed by atoms with van der Waals surface area (Å²) < 4.78 is 10.8. The van der Waals surface area contributed by atoms with Crippen molar-refractivity contribution in [2.75, 3.05) is 13.7 Å². The van der Waals surface area contributed by atoms with Crippen LogP contribution in [0.1, 0.15) is 37.4 Å². The molecule has 0 unspecified atom stereocenters. The molecule has 2 fully saturated rings. The Kier molecular flexibility index (Phi) is 3.32. The number of fused-ring (bicyclic) bond motifs is 1. The average Bonchev–Trinajstić information content (AvgIpc) is 2.96. The van der Waals surface area contributed by atoms with Crippen LogP contribution in [0.4, 0.5) is 0 Å². The van der Waals surface area contributed by atoms with Gasteiger partial charge in [0.05, 0.1) is 18.2 Å². The molecule has 0 amide bonds. The Balaban J connectivity index is 1.76. The molecule has 6 heteroatoms. The number of aliphatic hydroxyl groups is 1. The highest BCUT2D eigenvalue weighted by molar-refractivity contribution is 5.05. The zero-order chi connectivity index (χ0) is 13.5. The van der Waals surface area contributed by atoms with Crippen LogP contribution in [0.5, 0.6) is 0 Å². The Morgan fingerprint density at radius 1 is 1.53 bits per heavy atom. The number of aliphatic hydroxyl groups excluding tert-OH is 1. The van der Waals surface area contributed by atoms with Crippen molar-refractivity contribution in [1.82, 2.24) is 15.0 Å². The van der Waals surface area contributed by atoms with Gasteiger partial charge in [0.2, 0.25) is 5.89 Å². The Morgan fingerprint density at radius 2 is 2.37 bits per heavy atom. The Labute approximate surface area is 112 Å². The lowest BCUT2D eigenvalue weighted by molar-refractivity contribution is -0.0882. The zero-order valence-corrected chi connectivity index (χ0v) is 11.5. The molecule has 3 rings (SSSR count). The second-order valence-electron chi connectivity index (χ2n) is 5.66. The monoisotopic (exact) mass is 267 g/mol. The van der Waals surface area contributed by atoms with E-state index in [0.29, 0.717) is 18.3 Å². The number of rotatable bonds is 3. The lowest BCUT2D eigenvalue weighted by Crippen LogP contribution is -2.51. The maximum absolute atomic E-state index is 9.92. The van der Waals surface area contributed by atoms with Gasteiger partial charge in [-0.2, -0.15) is 4.98 Å². The topological polar surface area (TPSA) is 71.6 Å². The highest BCUT2D eigenvalue weighted by Crippen LogP contribution is 2.42. The van der Waals surface area contributed by atoms with Gasteiger partial charge in [-0.3, -0.25) is 4.90 Å². The van der Waals surface area contributed by atoms with E-state index in [1.165, 1.54) is 0 Å². The van der Waals surface area contributed by atoms with Crippen molar-refractivity contribution in [3.8, 4) is 0 Å². The number of hydrogen-bond acceptors (Lipinski definition) is 6. The molecule has 1 aromatic rings. The minimum absolute atomic E-state index is 0.0992. The van der Waals surface area contributed by atoms with E-state index in [2.05, 4.69) is 15.0 Å². The van der Waals surface area contributed by atoms with Gasteiger partial charge in [-0.05, 0) is 25.7 Å². The van der Waals surface area contributed by atoms with Crippen LogP contribution in [-0.2, 0) is 11.3 Å². The quantitative estimate of drug-likeness (QED) is 0.876. The summed E-state index contributed by atoms with van der Waals surface area (Å²) in [6.07, 6.45) is 3.32. The van der Waals surface area contributed by atoms with Crippen LogP contribution in [-0.4, -0.2) is 51.5 Å². The molecule has 0 aromatic carbocycles. The maximum atomic E-state index is 9.92. The lowest BCUT2D eigenvalue weighted by Gasteiger charge is -2.42. The molecule has 1 saturated heterocycles. The van der Waals surface area contributed by atoms with Gasteiger partial charge in [0.15, 0.2) is 5.82 Å². The van der Waals surface area contributed by atoms with Gasteiger partial charge >= 0.3 is 0 Å². The van der Waals surface area contributed by atoms with Crippen LogP contribution in [0.15, 0.2) is 4.52 Å². The predicted octanol–water partition coefficient (Wildman–Crippen LogP) is 0.882. The number of nitrogens with zero attached hydrogens (tertiary/aromatic N) is 3. The van der Waals surface area contributed by atoms with Crippen molar-refractivity contribution in [2.24, 2.45) is 0 Å². The molecule has 2 aliphatic rings. The van der Waals surface area contributed by atoms with E-state index in [9.17, 15) is 5.11 Å². The number of methoxy groups -OCH3 is 1. The molecule has 3 atom stereocenters. The molecule has 1 saturated carbocycles. The van der Waals surface area contributed by atoms with Gasteiger partial charge in [0.1, 0.15) is 0 Å². The first-order chi connectivity index (χ1) is 9.13. The summed E-state index contributed by atoms with van der Waals surface area (Å²) in [5.74, 6) is 1.31. The third-order valence-corrected chi connectivity index (χ3v) is 4.59. The lowest BCUT2D eigenvalue weighted by atomic mass is 9.79. The van der Waals surface area contributed by atoms with Crippen molar-refractivity contribution in [2.45, 2.75) is 56.9 Å². The molecule has 1 aliphatic heterocycles. The van der Waals surface area contributed by atoms with Crippen molar-refractivity contribution in [3.05, 3.63) is 11.7 Å². The number of aryl methyl sites for hydroxylation is 1. The van der Waals surface area contributed by atoms with Crippen molar-refractivity contribution in [1.29, 1.82) is 0 Å². The van der Waals surface area contributed by atoms with Crippen LogP contribution in [0.3, 0.4) is 0 Å². The molecule has 106 valence electrons. The second kappa shape index (κ2) is 4.85. The standard InChI is InChI=1S/C13H21N3O3/c1-9-14-12(15-19-9)8-16-6-5-13(18-2)4-3-10(17)7-11(13)16/h10-11,17H,3-8H2,1-2H3/t10-,11-,13+/m0/s1. The van der Waals surface area contributed by atoms with E-state index in [4.69, 9.17) is 9.26 Å². The van der Waals surface area contributed by atoms with E-state index >= 15 is 0 Å². The van der Waals surface area contributed by atoms with Crippen molar-refractivity contribution < 1.29 is 14.4 Å². The fraction of sp³-hybridized carbons (Fsp3) is 0.846. The maximum Gasteiger partial charge on any atom is 0.223 e. The Bertz CT molecular complexity index is 450. The van der Waals surface area contributed by atoms with Crippen molar-refractivity contribution >= 4 is 0 Å². The summed E-state index contributed by atoms with van der Waals surface area (Å²) in [5.41, 5.74) is -0.0992. The van der Waals surface area contributed by atoms with Crippen LogP contribution in [0.2, 0.25) is 0 Å². The number of ether oxygens (including phenoxy) is 1. The molecule has 0 spiro atoms.